The molecular formula is C16H17N5O2S2. The molecule has 2 heterocycles. The van der Waals surface area contributed by atoms with Gasteiger partial charge in [0, 0.05) is 0 Å². The lowest BCUT2D eigenvalue weighted by Crippen LogP contribution is -2.05. The normalized spacial score (nSPS) is 10.4. The van der Waals surface area contributed by atoms with Crippen molar-refractivity contribution in [2.75, 3.05) is 25.4 Å². The van der Waals surface area contributed by atoms with Gasteiger partial charge in [0.15, 0.2) is 10.3 Å². The molecule has 0 saturated heterocycles. The molecule has 9 heteroatoms. The summed E-state index contributed by atoms with van der Waals surface area (Å²) in [5.41, 5.74) is 9.93. The van der Waals surface area contributed by atoms with E-state index < -0.39 is 0 Å². The summed E-state index contributed by atoms with van der Waals surface area (Å²) in [7, 11) is 3.29. The van der Waals surface area contributed by atoms with E-state index in [-0.39, 0.29) is 0 Å². The fourth-order valence-corrected chi connectivity index (χ4v) is 3.71. The lowest BCUT2D eigenvalue weighted by molar-refractivity contribution is 0.415. The topological polar surface area (TPSA) is 108 Å². The molecule has 0 aliphatic heterocycles. The van der Waals surface area contributed by atoms with E-state index in [1.807, 2.05) is 36.4 Å². The quantitative estimate of drug-likeness (QED) is 0.371. The van der Waals surface area contributed by atoms with Gasteiger partial charge in [0.25, 0.3) is 0 Å². The molecule has 0 aliphatic rings. The van der Waals surface area contributed by atoms with Gasteiger partial charge in [-0.1, -0.05) is 22.7 Å². The molecule has 0 amide bonds. The number of nitrogens with one attached hydrogen (secondary N) is 1. The Labute approximate surface area is 152 Å². The van der Waals surface area contributed by atoms with E-state index >= 15 is 0 Å². The monoisotopic (exact) mass is 375 g/mol. The fourth-order valence-electron chi connectivity index (χ4n) is 2.14. The number of nitrogens with zero attached hydrogens (tertiary/aromatic N) is 2. The molecule has 0 radical (unpaired) electrons. The second kappa shape index (κ2) is 7.51. The summed E-state index contributed by atoms with van der Waals surface area (Å²) >= 11 is 2.97. The van der Waals surface area contributed by atoms with Gasteiger partial charge >= 0.3 is 0 Å². The van der Waals surface area contributed by atoms with E-state index in [1.165, 1.54) is 22.7 Å². The minimum absolute atomic E-state index is 0.596. The van der Waals surface area contributed by atoms with Gasteiger partial charge < -0.3 is 15.2 Å². The largest absolute Gasteiger partial charge is 0.497 e. The van der Waals surface area contributed by atoms with Crippen molar-refractivity contribution in [3.63, 3.8) is 0 Å². The summed E-state index contributed by atoms with van der Waals surface area (Å²) in [6.07, 6.45) is 0. The average molecular weight is 375 g/mol. The maximum absolute atomic E-state index is 5.55. The fraction of sp³-hybridized carbons (Fsp3) is 0.125. The Hall–Kier alpha value is -2.62. The van der Waals surface area contributed by atoms with Crippen molar-refractivity contribution in [3.8, 4) is 11.5 Å². The minimum atomic E-state index is 0.596. The highest BCUT2D eigenvalue weighted by Crippen LogP contribution is 2.28. The summed E-state index contributed by atoms with van der Waals surface area (Å²) in [6.45, 7) is 0. The zero-order valence-electron chi connectivity index (χ0n) is 13.6. The molecule has 0 atom stereocenters. The number of fused-ring (bicyclic) bond motifs is 2. The number of rotatable bonds is 3. The number of aromatic nitrogens is 2. The Morgan fingerprint density at radius 3 is 2.00 bits per heavy atom. The maximum atomic E-state index is 5.55. The lowest BCUT2D eigenvalue weighted by atomic mass is 10.3. The summed E-state index contributed by atoms with van der Waals surface area (Å²) in [5, 5.41) is 1.31. The van der Waals surface area contributed by atoms with Crippen LogP contribution in [-0.4, -0.2) is 24.2 Å². The number of hydrogen-bond donors (Lipinski definition) is 3. The van der Waals surface area contributed by atoms with E-state index in [1.54, 1.807) is 14.2 Å². The number of thiazole rings is 2. The van der Waals surface area contributed by atoms with Gasteiger partial charge in [-0.25, -0.2) is 15.8 Å². The SMILES string of the molecule is COc1ccc2nc(N)sc2c1.COc1ccc2nc(NN)sc2c1. The third kappa shape index (κ3) is 3.90. The Kier molecular flexibility index (Phi) is 5.17. The van der Waals surface area contributed by atoms with E-state index in [2.05, 4.69) is 15.4 Å². The van der Waals surface area contributed by atoms with Crippen LogP contribution in [0.5, 0.6) is 11.5 Å². The van der Waals surface area contributed by atoms with Crippen LogP contribution in [0.1, 0.15) is 0 Å². The molecule has 0 bridgehead atoms. The first-order chi connectivity index (χ1) is 12.1. The number of nitrogens with two attached hydrogens (primary N) is 2. The molecule has 7 nitrogen and oxygen atoms in total. The first-order valence-electron chi connectivity index (χ1n) is 7.24. The lowest BCUT2D eigenvalue weighted by Gasteiger charge is -1.96. The van der Waals surface area contributed by atoms with Crippen molar-refractivity contribution in [3.05, 3.63) is 36.4 Å². The summed E-state index contributed by atoms with van der Waals surface area (Å²) < 4.78 is 12.3. The molecule has 0 unspecified atom stereocenters. The predicted molar refractivity (Wildman–Crippen MR) is 105 cm³/mol. The molecule has 2 aromatic carbocycles. The van der Waals surface area contributed by atoms with Crippen LogP contribution >= 0.6 is 22.7 Å². The van der Waals surface area contributed by atoms with Gasteiger partial charge in [-0.05, 0) is 36.4 Å². The molecule has 0 fully saturated rings. The molecule has 0 saturated carbocycles. The summed E-state index contributed by atoms with van der Waals surface area (Å²) in [5.74, 6) is 6.92. The van der Waals surface area contributed by atoms with E-state index in [4.69, 9.17) is 21.1 Å². The number of nitrogen functional groups attached to an aromatic ring is 2. The minimum Gasteiger partial charge on any atom is -0.497 e. The number of hydrazine groups is 1. The van der Waals surface area contributed by atoms with Crippen LogP contribution in [0.2, 0.25) is 0 Å². The standard InChI is InChI=1S/C8H9N3OS.C8H8N2OS/c1-12-5-2-3-6-7(4-5)13-8(10-6)11-9;1-11-5-2-3-6-7(4-5)12-8(9)10-6/h2-4H,9H2,1H3,(H,10,11);2-4H,1H3,(H2,9,10). The highest BCUT2D eigenvalue weighted by molar-refractivity contribution is 7.22. The maximum Gasteiger partial charge on any atom is 0.198 e. The second-order valence-electron chi connectivity index (χ2n) is 4.88. The van der Waals surface area contributed by atoms with Gasteiger partial charge in [0.05, 0.1) is 34.7 Å². The first kappa shape index (κ1) is 17.2. The van der Waals surface area contributed by atoms with Gasteiger partial charge in [0.1, 0.15) is 11.5 Å². The van der Waals surface area contributed by atoms with Crippen molar-refractivity contribution < 1.29 is 9.47 Å². The van der Waals surface area contributed by atoms with Crippen LogP contribution in [0.25, 0.3) is 20.4 Å². The third-order valence-electron chi connectivity index (χ3n) is 3.33. The van der Waals surface area contributed by atoms with Crippen LogP contribution in [-0.2, 0) is 0 Å². The van der Waals surface area contributed by atoms with Crippen molar-refractivity contribution in [2.45, 2.75) is 0 Å². The molecule has 5 N–H and O–H groups in total. The van der Waals surface area contributed by atoms with Crippen molar-refractivity contribution in [1.29, 1.82) is 0 Å². The molecular weight excluding hydrogens is 358 g/mol. The molecule has 0 spiro atoms. The number of hydrogen-bond acceptors (Lipinski definition) is 9. The third-order valence-corrected chi connectivity index (χ3v) is 5.13. The Balaban J connectivity index is 0.000000146. The van der Waals surface area contributed by atoms with E-state index in [0.29, 0.717) is 10.3 Å². The Morgan fingerprint density at radius 1 is 0.880 bits per heavy atom. The van der Waals surface area contributed by atoms with Crippen molar-refractivity contribution in [2.24, 2.45) is 5.84 Å². The molecule has 2 aromatic heterocycles. The zero-order chi connectivity index (χ0) is 17.8. The van der Waals surface area contributed by atoms with Gasteiger partial charge in [0.2, 0.25) is 0 Å². The molecule has 130 valence electrons. The number of benzene rings is 2. The number of methoxy groups -OCH3 is 2. The molecule has 4 aromatic rings. The van der Waals surface area contributed by atoms with Crippen LogP contribution < -0.4 is 26.5 Å². The number of anilines is 2. The van der Waals surface area contributed by atoms with Crippen molar-refractivity contribution in [1.82, 2.24) is 9.97 Å². The molecule has 4 rings (SSSR count). The van der Waals surface area contributed by atoms with E-state index in [9.17, 15) is 0 Å². The zero-order valence-corrected chi connectivity index (χ0v) is 15.3. The summed E-state index contributed by atoms with van der Waals surface area (Å²) in [4.78, 5) is 8.36. The predicted octanol–water partition coefficient (Wildman–Crippen LogP) is 3.48. The van der Waals surface area contributed by atoms with Crippen LogP contribution in [0.15, 0.2) is 36.4 Å². The van der Waals surface area contributed by atoms with E-state index in [0.717, 1.165) is 31.9 Å². The van der Waals surface area contributed by atoms with Gasteiger partial charge in [-0.2, -0.15) is 0 Å². The number of ether oxygens (including phenoxy) is 2. The van der Waals surface area contributed by atoms with Crippen LogP contribution in [0.4, 0.5) is 10.3 Å². The summed E-state index contributed by atoms with van der Waals surface area (Å²) in [6, 6.07) is 11.4. The second-order valence-corrected chi connectivity index (χ2v) is 6.98. The Morgan fingerprint density at radius 2 is 1.44 bits per heavy atom. The van der Waals surface area contributed by atoms with Crippen LogP contribution in [0.3, 0.4) is 0 Å². The molecule has 25 heavy (non-hydrogen) atoms. The molecule has 0 aliphatic carbocycles. The highest BCUT2D eigenvalue weighted by Gasteiger charge is 2.03. The van der Waals surface area contributed by atoms with Gasteiger partial charge in [-0.15, -0.1) is 0 Å². The van der Waals surface area contributed by atoms with Crippen LogP contribution in [0, 0.1) is 0 Å². The van der Waals surface area contributed by atoms with Crippen molar-refractivity contribution >= 4 is 53.4 Å². The first-order valence-corrected chi connectivity index (χ1v) is 8.87. The Bertz CT molecular complexity index is 997. The smallest absolute Gasteiger partial charge is 0.198 e. The van der Waals surface area contributed by atoms with Gasteiger partial charge in [-0.3, -0.25) is 5.43 Å². The average Bonchev–Trinajstić information content (AvgIpc) is 3.22. The highest BCUT2D eigenvalue weighted by atomic mass is 32.1.